The van der Waals surface area contributed by atoms with E-state index in [1.807, 2.05) is 0 Å². The van der Waals surface area contributed by atoms with Gasteiger partial charge in [0, 0.05) is 23.7 Å². The molecule has 0 aliphatic heterocycles. The van der Waals surface area contributed by atoms with Crippen LogP contribution in [0.4, 0.5) is 13.2 Å². The molecule has 0 unspecified atom stereocenters. The molecule has 10 heteroatoms. The number of nitrogens with zero attached hydrogens (tertiary/aromatic N) is 1. The van der Waals surface area contributed by atoms with Crippen LogP contribution in [-0.4, -0.2) is 26.0 Å². The summed E-state index contributed by atoms with van der Waals surface area (Å²) in [7, 11) is -4.34. The summed E-state index contributed by atoms with van der Waals surface area (Å²) in [6.07, 6.45) is 1.14. The van der Waals surface area contributed by atoms with Gasteiger partial charge in [0.15, 0.2) is 5.75 Å². The van der Waals surface area contributed by atoms with Gasteiger partial charge in [-0.3, -0.25) is 4.98 Å². The fraction of sp³-hybridized carbons (Fsp3) is 0.182. The maximum absolute atomic E-state index is 12.4. The van der Waals surface area contributed by atoms with E-state index in [0.717, 1.165) is 12.3 Å². The molecule has 5 nitrogen and oxygen atoms in total. The van der Waals surface area contributed by atoms with Gasteiger partial charge in [-0.25, -0.2) is 0 Å². The van der Waals surface area contributed by atoms with E-state index < -0.39 is 21.4 Å². The molecule has 0 spiro atoms. The smallest absolute Gasteiger partial charge is 0.495 e. The summed E-state index contributed by atoms with van der Waals surface area (Å²) in [6, 6.07) is 3.83. The van der Waals surface area contributed by atoms with Crippen LogP contribution in [0.15, 0.2) is 28.9 Å². The maximum atomic E-state index is 12.4. The SMILES string of the molecule is COc1cc2nccc(OS(=O)(=O)C(F)(F)F)c2cc1Br. The Morgan fingerprint density at radius 2 is 1.90 bits per heavy atom. The van der Waals surface area contributed by atoms with Gasteiger partial charge in [0.2, 0.25) is 0 Å². The van der Waals surface area contributed by atoms with Gasteiger partial charge >= 0.3 is 15.6 Å². The first-order valence-corrected chi connectivity index (χ1v) is 7.49. The second kappa shape index (κ2) is 5.34. The predicted octanol–water partition coefficient (Wildman–Crippen LogP) is 3.23. The highest BCUT2D eigenvalue weighted by molar-refractivity contribution is 9.10. The van der Waals surface area contributed by atoms with Crippen LogP contribution < -0.4 is 8.92 Å². The van der Waals surface area contributed by atoms with E-state index in [0.29, 0.717) is 10.2 Å². The monoisotopic (exact) mass is 385 g/mol. The Morgan fingerprint density at radius 1 is 1.24 bits per heavy atom. The van der Waals surface area contributed by atoms with Crippen molar-refractivity contribution in [1.29, 1.82) is 0 Å². The van der Waals surface area contributed by atoms with E-state index in [2.05, 4.69) is 25.1 Å². The fourth-order valence-electron chi connectivity index (χ4n) is 1.52. The Bertz CT molecular complexity index is 792. The molecule has 1 aromatic heterocycles. The molecule has 0 saturated heterocycles. The first kappa shape index (κ1) is 15.8. The number of halogens is 4. The van der Waals surface area contributed by atoms with Crippen molar-refractivity contribution in [3.63, 3.8) is 0 Å². The number of methoxy groups -OCH3 is 1. The molecule has 2 aromatic rings. The first-order chi connectivity index (χ1) is 9.65. The summed E-state index contributed by atoms with van der Waals surface area (Å²) in [5, 5.41) is 0.0954. The number of pyridine rings is 1. The van der Waals surface area contributed by atoms with E-state index in [1.54, 1.807) is 0 Å². The van der Waals surface area contributed by atoms with Crippen LogP contribution in [0.2, 0.25) is 0 Å². The molecule has 0 amide bonds. The first-order valence-electron chi connectivity index (χ1n) is 5.29. The van der Waals surface area contributed by atoms with Crippen LogP contribution in [0.5, 0.6) is 11.5 Å². The molecule has 0 fully saturated rings. The molecular weight excluding hydrogens is 379 g/mol. The average molecular weight is 386 g/mol. The Labute approximate surface area is 125 Å². The minimum atomic E-state index is -5.75. The van der Waals surface area contributed by atoms with Gasteiger partial charge < -0.3 is 8.92 Å². The lowest BCUT2D eigenvalue weighted by atomic mass is 10.2. The van der Waals surface area contributed by atoms with E-state index >= 15 is 0 Å². The number of fused-ring (bicyclic) bond motifs is 1. The zero-order valence-corrected chi connectivity index (χ0v) is 12.7. The topological polar surface area (TPSA) is 65.5 Å². The Hall–Kier alpha value is -1.55. The van der Waals surface area contributed by atoms with Crippen molar-refractivity contribution in [3.8, 4) is 11.5 Å². The highest BCUT2D eigenvalue weighted by Gasteiger charge is 2.48. The molecule has 2 rings (SSSR count). The Morgan fingerprint density at radius 3 is 2.48 bits per heavy atom. The molecule has 0 bridgehead atoms. The zero-order valence-electron chi connectivity index (χ0n) is 10.3. The van der Waals surface area contributed by atoms with Gasteiger partial charge in [-0.1, -0.05) is 0 Å². The molecule has 0 saturated carbocycles. The van der Waals surface area contributed by atoms with E-state index in [4.69, 9.17) is 4.74 Å². The summed E-state index contributed by atoms with van der Waals surface area (Å²) < 4.78 is 68.8. The van der Waals surface area contributed by atoms with E-state index in [1.165, 1.54) is 19.2 Å². The van der Waals surface area contributed by atoms with E-state index in [-0.39, 0.29) is 10.9 Å². The number of benzene rings is 1. The van der Waals surface area contributed by atoms with Gasteiger partial charge in [0.25, 0.3) is 0 Å². The normalized spacial score (nSPS) is 12.4. The minimum absolute atomic E-state index is 0.0954. The Balaban J connectivity index is 2.59. The summed E-state index contributed by atoms with van der Waals surface area (Å²) in [4.78, 5) is 3.93. The van der Waals surface area contributed by atoms with Crippen LogP contribution in [0.3, 0.4) is 0 Å². The lowest BCUT2D eigenvalue weighted by Gasteiger charge is -2.12. The summed E-state index contributed by atoms with van der Waals surface area (Å²) in [5.41, 5.74) is -5.28. The fourth-order valence-corrected chi connectivity index (χ4v) is 2.50. The van der Waals surface area contributed by atoms with Gasteiger partial charge in [0.05, 0.1) is 17.1 Å². The molecule has 0 aliphatic carbocycles. The van der Waals surface area contributed by atoms with Gasteiger partial charge in [-0.2, -0.15) is 21.6 Å². The van der Waals surface area contributed by atoms with Crippen molar-refractivity contribution in [3.05, 3.63) is 28.9 Å². The lowest BCUT2D eigenvalue weighted by molar-refractivity contribution is -0.0499. The zero-order chi connectivity index (χ0) is 15.8. The highest BCUT2D eigenvalue weighted by Crippen LogP contribution is 2.35. The summed E-state index contributed by atoms with van der Waals surface area (Å²) in [5.74, 6) is -0.0773. The van der Waals surface area contributed by atoms with Crippen molar-refractivity contribution in [1.82, 2.24) is 4.98 Å². The average Bonchev–Trinajstić information content (AvgIpc) is 2.37. The molecule has 0 radical (unpaired) electrons. The predicted molar refractivity (Wildman–Crippen MR) is 71.6 cm³/mol. The second-order valence-corrected chi connectivity index (χ2v) is 6.19. The number of aromatic nitrogens is 1. The second-order valence-electron chi connectivity index (χ2n) is 3.80. The largest absolute Gasteiger partial charge is 0.534 e. The number of rotatable bonds is 3. The lowest BCUT2D eigenvalue weighted by Crippen LogP contribution is -2.28. The van der Waals surface area contributed by atoms with Gasteiger partial charge in [-0.15, -0.1) is 0 Å². The number of alkyl halides is 3. The molecule has 0 atom stereocenters. The molecule has 114 valence electrons. The van der Waals surface area contributed by atoms with Crippen molar-refractivity contribution in [2.75, 3.05) is 7.11 Å². The third-order valence-corrected chi connectivity index (χ3v) is 4.04. The molecule has 0 N–H and O–H groups in total. The van der Waals surface area contributed by atoms with Crippen LogP contribution in [0.1, 0.15) is 0 Å². The third-order valence-electron chi connectivity index (χ3n) is 2.46. The molecule has 1 aromatic carbocycles. The molecular formula is C11H7BrF3NO4S. The van der Waals surface area contributed by atoms with Crippen molar-refractivity contribution < 1.29 is 30.5 Å². The van der Waals surface area contributed by atoms with Crippen molar-refractivity contribution in [2.45, 2.75) is 5.51 Å². The molecule has 1 heterocycles. The molecule has 21 heavy (non-hydrogen) atoms. The van der Waals surface area contributed by atoms with E-state index in [9.17, 15) is 21.6 Å². The van der Waals surface area contributed by atoms with Crippen LogP contribution in [0.25, 0.3) is 10.9 Å². The quantitative estimate of drug-likeness (QED) is 0.599. The van der Waals surface area contributed by atoms with Crippen molar-refractivity contribution in [2.24, 2.45) is 0 Å². The number of hydrogen-bond acceptors (Lipinski definition) is 5. The van der Waals surface area contributed by atoms with Crippen LogP contribution in [-0.2, 0) is 10.1 Å². The highest BCUT2D eigenvalue weighted by atomic mass is 79.9. The Kier molecular flexibility index (Phi) is 4.02. The van der Waals surface area contributed by atoms with Crippen LogP contribution >= 0.6 is 15.9 Å². The van der Waals surface area contributed by atoms with Crippen molar-refractivity contribution >= 4 is 37.0 Å². The van der Waals surface area contributed by atoms with Crippen LogP contribution in [0, 0.1) is 0 Å². The number of ether oxygens (including phenoxy) is 1. The van der Waals surface area contributed by atoms with Gasteiger partial charge in [-0.05, 0) is 22.0 Å². The number of hydrogen-bond donors (Lipinski definition) is 0. The maximum Gasteiger partial charge on any atom is 0.534 e. The third kappa shape index (κ3) is 3.05. The minimum Gasteiger partial charge on any atom is -0.495 e. The van der Waals surface area contributed by atoms with Gasteiger partial charge in [0.1, 0.15) is 5.75 Å². The summed E-state index contributed by atoms with van der Waals surface area (Å²) in [6.45, 7) is 0. The standard InChI is InChI=1S/C11H7BrF3NO4S/c1-19-10-5-8-6(4-7(10)12)9(2-3-16-8)20-21(17,18)11(13,14)15/h2-5H,1H3. The summed E-state index contributed by atoms with van der Waals surface area (Å²) >= 11 is 3.15. The molecule has 0 aliphatic rings.